The van der Waals surface area contributed by atoms with Gasteiger partial charge in [0.15, 0.2) is 0 Å². The molecule has 1 aliphatic heterocycles. The highest BCUT2D eigenvalue weighted by atomic mass is 35.5. The van der Waals surface area contributed by atoms with Crippen molar-refractivity contribution in [3.05, 3.63) is 29.3 Å². The molecule has 1 saturated heterocycles. The third kappa shape index (κ3) is 4.18. The second-order valence-electron chi connectivity index (χ2n) is 4.28. The van der Waals surface area contributed by atoms with Crippen molar-refractivity contribution in [1.29, 1.82) is 0 Å². The molecule has 2 nitrogen and oxygen atoms in total. The normalized spacial score (nSPS) is 19.2. The molecule has 1 unspecified atom stereocenters. The lowest BCUT2D eigenvalue weighted by Crippen LogP contribution is -2.28. The quantitative estimate of drug-likeness (QED) is 0.854. The van der Waals surface area contributed by atoms with Gasteiger partial charge in [-0.2, -0.15) is 0 Å². The molecule has 94 valence electrons. The SMILES string of the molecule is OC(CSc1ccc(Cl)cc1)C1CCOCC1. The monoisotopic (exact) mass is 272 g/mol. The summed E-state index contributed by atoms with van der Waals surface area (Å²) in [5.41, 5.74) is 0. The molecule has 1 atom stereocenters. The number of aliphatic hydroxyl groups excluding tert-OH is 1. The van der Waals surface area contributed by atoms with Crippen LogP contribution in [0.5, 0.6) is 0 Å². The Morgan fingerprint density at radius 3 is 2.59 bits per heavy atom. The van der Waals surface area contributed by atoms with Gasteiger partial charge in [0.05, 0.1) is 6.10 Å². The molecule has 0 bridgehead atoms. The zero-order valence-electron chi connectivity index (χ0n) is 9.64. The summed E-state index contributed by atoms with van der Waals surface area (Å²) in [6, 6.07) is 7.74. The first-order chi connectivity index (χ1) is 8.25. The van der Waals surface area contributed by atoms with Gasteiger partial charge in [0.25, 0.3) is 0 Å². The fraction of sp³-hybridized carbons (Fsp3) is 0.538. The third-order valence-corrected chi connectivity index (χ3v) is 4.41. The zero-order chi connectivity index (χ0) is 12.1. The molecule has 2 rings (SSSR count). The van der Waals surface area contributed by atoms with Gasteiger partial charge < -0.3 is 9.84 Å². The standard InChI is InChI=1S/C13H17ClO2S/c14-11-1-3-12(4-2-11)17-9-13(15)10-5-7-16-8-6-10/h1-4,10,13,15H,5-9H2. The number of hydrogen-bond acceptors (Lipinski definition) is 3. The summed E-state index contributed by atoms with van der Waals surface area (Å²) in [5, 5.41) is 10.8. The summed E-state index contributed by atoms with van der Waals surface area (Å²) in [6.07, 6.45) is 1.71. The Morgan fingerprint density at radius 1 is 1.29 bits per heavy atom. The molecule has 0 aromatic heterocycles. The Hall–Kier alpha value is -0.220. The lowest BCUT2D eigenvalue weighted by atomic mass is 9.95. The summed E-state index contributed by atoms with van der Waals surface area (Å²) in [7, 11) is 0. The lowest BCUT2D eigenvalue weighted by Gasteiger charge is -2.26. The van der Waals surface area contributed by atoms with Crippen LogP contribution in [0.3, 0.4) is 0 Å². The van der Waals surface area contributed by atoms with Gasteiger partial charge in [-0.15, -0.1) is 11.8 Å². The van der Waals surface area contributed by atoms with Gasteiger partial charge >= 0.3 is 0 Å². The maximum absolute atomic E-state index is 10.1. The van der Waals surface area contributed by atoms with E-state index < -0.39 is 0 Å². The molecule has 0 spiro atoms. The smallest absolute Gasteiger partial charge is 0.0663 e. The molecule has 0 aliphatic carbocycles. The summed E-state index contributed by atoms with van der Waals surface area (Å²) in [4.78, 5) is 1.15. The molecular weight excluding hydrogens is 256 g/mol. The Labute approximate surface area is 111 Å². The summed E-state index contributed by atoms with van der Waals surface area (Å²) in [5.74, 6) is 1.13. The van der Waals surface area contributed by atoms with Crippen molar-refractivity contribution >= 4 is 23.4 Å². The second-order valence-corrected chi connectivity index (χ2v) is 5.81. The van der Waals surface area contributed by atoms with Crippen molar-refractivity contribution < 1.29 is 9.84 Å². The van der Waals surface area contributed by atoms with E-state index in [4.69, 9.17) is 16.3 Å². The number of halogens is 1. The summed E-state index contributed by atoms with van der Waals surface area (Å²) >= 11 is 7.51. The Morgan fingerprint density at radius 2 is 1.94 bits per heavy atom. The minimum atomic E-state index is -0.237. The maximum Gasteiger partial charge on any atom is 0.0663 e. The van der Waals surface area contributed by atoms with E-state index in [2.05, 4.69) is 0 Å². The van der Waals surface area contributed by atoms with Crippen LogP contribution in [-0.2, 0) is 4.74 Å². The van der Waals surface area contributed by atoms with E-state index in [1.807, 2.05) is 24.3 Å². The average molecular weight is 273 g/mol. The molecule has 0 saturated carbocycles. The van der Waals surface area contributed by atoms with Crippen molar-refractivity contribution in [2.24, 2.45) is 5.92 Å². The molecule has 1 fully saturated rings. The molecule has 4 heteroatoms. The number of hydrogen-bond donors (Lipinski definition) is 1. The first-order valence-electron chi connectivity index (χ1n) is 5.90. The van der Waals surface area contributed by atoms with Crippen LogP contribution in [0, 0.1) is 5.92 Å². The van der Waals surface area contributed by atoms with E-state index in [-0.39, 0.29) is 6.10 Å². The summed E-state index contributed by atoms with van der Waals surface area (Å²) < 4.78 is 5.29. The van der Waals surface area contributed by atoms with Gasteiger partial charge in [0.1, 0.15) is 0 Å². The zero-order valence-corrected chi connectivity index (χ0v) is 11.2. The third-order valence-electron chi connectivity index (χ3n) is 3.04. The predicted molar refractivity (Wildman–Crippen MR) is 71.7 cm³/mol. The highest BCUT2D eigenvalue weighted by Crippen LogP contribution is 2.26. The number of aliphatic hydroxyl groups is 1. The fourth-order valence-corrected chi connectivity index (χ4v) is 3.04. The minimum Gasteiger partial charge on any atom is -0.392 e. The second kappa shape index (κ2) is 6.64. The molecule has 1 N–H and O–H groups in total. The van der Waals surface area contributed by atoms with Gasteiger partial charge in [-0.05, 0) is 43.0 Å². The van der Waals surface area contributed by atoms with Gasteiger partial charge in [0.2, 0.25) is 0 Å². The largest absolute Gasteiger partial charge is 0.392 e. The molecule has 1 aromatic carbocycles. The molecule has 0 amide bonds. The van der Waals surface area contributed by atoms with Gasteiger partial charge in [0, 0.05) is 28.9 Å². The maximum atomic E-state index is 10.1. The van der Waals surface area contributed by atoms with Crippen LogP contribution in [0.2, 0.25) is 5.02 Å². The van der Waals surface area contributed by atoms with Crippen molar-refractivity contribution in [3.8, 4) is 0 Å². The van der Waals surface area contributed by atoms with Gasteiger partial charge in [-0.1, -0.05) is 11.6 Å². The van der Waals surface area contributed by atoms with Crippen LogP contribution in [0.4, 0.5) is 0 Å². The van der Waals surface area contributed by atoms with E-state index in [1.54, 1.807) is 11.8 Å². The van der Waals surface area contributed by atoms with E-state index in [0.717, 1.165) is 41.7 Å². The predicted octanol–water partition coefficient (Wildman–Crippen LogP) is 3.22. The van der Waals surface area contributed by atoms with Crippen LogP contribution in [0.15, 0.2) is 29.2 Å². The fourth-order valence-electron chi connectivity index (χ4n) is 1.95. The van der Waals surface area contributed by atoms with E-state index in [0.29, 0.717) is 5.92 Å². The van der Waals surface area contributed by atoms with Gasteiger partial charge in [-0.3, -0.25) is 0 Å². The van der Waals surface area contributed by atoms with Crippen LogP contribution < -0.4 is 0 Å². The van der Waals surface area contributed by atoms with Crippen LogP contribution >= 0.6 is 23.4 Å². The number of ether oxygens (including phenoxy) is 1. The van der Waals surface area contributed by atoms with Gasteiger partial charge in [-0.25, -0.2) is 0 Å². The van der Waals surface area contributed by atoms with Crippen LogP contribution in [0.1, 0.15) is 12.8 Å². The molecule has 1 aromatic rings. The molecule has 17 heavy (non-hydrogen) atoms. The Balaban J connectivity index is 1.78. The van der Waals surface area contributed by atoms with Crippen molar-refractivity contribution in [2.45, 2.75) is 23.8 Å². The Bertz CT molecular complexity index is 336. The topological polar surface area (TPSA) is 29.5 Å². The van der Waals surface area contributed by atoms with E-state index in [9.17, 15) is 5.11 Å². The highest BCUT2D eigenvalue weighted by Gasteiger charge is 2.21. The Kier molecular flexibility index (Phi) is 5.16. The first kappa shape index (κ1) is 13.2. The first-order valence-corrected chi connectivity index (χ1v) is 7.26. The van der Waals surface area contributed by atoms with Crippen molar-refractivity contribution in [3.63, 3.8) is 0 Å². The highest BCUT2D eigenvalue weighted by molar-refractivity contribution is 7.99. The molecular formula is C13H17ClO2S. The average Bonchev–Trinajstić information content (AvgIpc) is 2.39. The lowest BCUT2D eigenvalue weighted by molar-refractivity contribution is 0.0169. The van der Waals surface area contributed by atoms with Crippen LogP contribution in [0.25, 0.3) is 0 Å². The number of benzene rings is 1. The summed E-state index contributed by atoms with van der Waals surface area (Å²) in [6.45, 7) is 1.57. The van der Waals surface area contributed by atoms with E-state index >= 15 is 0 Å². The van der Waals surface area contributed by atoms with E-state index in [1.165, 1.54) is 0 Å². The minimum absolute atomic E-state index is 0.237. The molecule has 1 heterocycles. The number of thioether (sulfide) groups is 1. The number of rotatable bonds is 4. The van der Waals surface area contributed by atoms with Crippen LogP contribution in [-0.4, -0.2) is 30.2 Å². The molecule has 1 aliphatic rings. The van der Waals surface area contributed by atoms with Crippen molar-refractivity contribution in [2.75, 3.05) is 19.0 Å². The van der Waals surface area contributed by atoms with Crippen molar-refractivity contribution in [1.82, 2.24) is 0 Å². The molecule has 0 radical (unpaired) electrons.